The molecule has 2 aromatic rings. The summed E-state index contributed by atoms with van der Waals surface area (Å²) in [5.41, 5.74) is 7.12. The monoisotopic (exact) mass is 627 g/mol. The second kappa shape index (κ2) is 21.1. The van der Waals surface area contributed by atoms with Crippen molar-refractivity contribution in [3.8, 4) is 23.6 Å². The van der Waals surface area contributed by atoms with Crippen LogP contribution in [0, 0.1) is 22.7 Å². The highest BCUT2D eigenvalue weighted by Crippen LogP contribution is 2.49. The molecule has 43 heavy (non-hydrogen) atoms. The Morgan fingerprint density at radius 3 is 1.65 bits per heavy atom. The van der Waals surface area contributed by atoms with E-state index in [0.717, 1.165) is 95.5 Å². The van der Waals surface area contributed by atoms with Gasteiger partial charge in [0.15, 0.2) is 11.5 Å². The van der Waals surface area contributed by atoms with E-state index < -0.39 is 0 Å². The maximum absolute atomic E-state index is 10.2. The molecular formula is C34H50ClN5O2S. The lowest BCUT2D eigenvalue weighted by molar-refractivity contribution is 0.245. The van der Waals surface area contributed by atoms with Gasteiger partial charge in [0, 0.05) is 10.6 Å². The van der Waals surface area contributed by atoms with Gasteiger partial charge in [-0.1, -0.05) is 63.2 Å². The van der Waals surface area contributed by atoms with Crippen LogP contribution in [0.1, 0.15) is 90.2 Å². The number of nitrogens with two attached hydrogens (primary N) is 1. The molecule has 0 unspecified atom stereocenters. The first-order valence-corrected chi connectivity index (χ1v) is 17.1. The van der Waals surface area contributed by atoms with Gasteiger partial charge >= 0.3 is 0 Å². The van der Waals surface area contributed by atoms with Crippen molar-refractivity contribution < 1.29 is 9.47 Å². The Morgan fingerprint density at radius 2 is 1.19 bits per heavy atom. The third-order valence-electron chi connectivity index (χ3n) is 7.05. The number of ether oxygens (including phenoxy) is 2. The average Bonchev–Trinajstić information content (AvgIpc) is 3.00. The third kappa shape index (κ3) is 11.8. The van der Waals surface area contributed by atoms with Crippen LogP contribution in [0.4, 0.5) is 5.69 Å². The van der Waals surface area contributed by atoms with Gasteiger partial charge in [0.2, 0.25) is 0 Å². The molecule has 0 aliphatic rings. The van der Waals surface area contributed by atoms with Crippen molar-refractivity contribution in [3.05, 3.63) is 40.4 Å². The first-order chi connectivity index (χ1) is 20.9. The molecule has 2 aromatic carbocycles. The fourth-order valence-electron chi connectivity index (χ4n) is 5.07. The van der Waals surface area contributed by atoms with Crippen LogP contribution in [-0.4, -0.2) is 62.3 Å². The summed E-state index contributed by atoms with van der Waals surface area (Å²) in [5.74, 6) is 0.553. The molecule has 9 heteroatoms. The Kier molecular flexibility index (Phi) is 18.0. The molecule has 2 N–H and O–H groups in total. The second-order valence-electron chi connectivity index (χ2n) is 10.7. The van der Waals surface area contributed by atoms with Gasteiger partial charge in [-0.2, -0.15) is 10.5 Å². The maximum atomic E-state index is 10.2. The maximum Gasteiger partial charge on any atom is 0.158 e. The van der Waals surface area contributed by atoms with Crippen LogP contribution in [-0.2, 0) is 0 Å². The highest BCUT2D eigenvalue weighted by molar-refractivity contribution is 7.99. The highest BCUT2D eigenvalue weighted by atomic mass is 35.5. The largest absolute Gasteiger partial charge is 0.491 e. The molecule has 0 aliphatic heterocycles. The molecule has 0 amide bonds. The minimum Gasteiger partial charge on any atom is -0.491 e. The van der Waals surface area contributed by atoms with E-state index in [9.17, 15) is 10.5 Å². The molecule has 7 nitrogen and oxygen atoms in total. The van der Waals surface area contributed by atoms with Gasteiger partial charge in [-0.3, -0.25) is 0 Å². The quantitative estimate of drug-likeness (QED) is 0.103. The van der Waals surface area contributed by atoms with Crippen LogP contribution in [0.2, 0.25) is 5.02 Å². The minimum absolute atomic E-state index is 0.114. The molecule has 0 aromatic heterocycles. The summed E-state index contributed by atoms with van der Waals surface area (Å²) in [4.78, 5) is 6.27. The lowest BCUT2D eigenvalue weighted by atomic mass is 10.1. The van der Waals surface area contributed by atoms with Gasteiger partial charge in [0.1, 0.15) is 28.3 Å². The number of para-hydroxylation sites is 1. The molecule has 0 saturated carbocycles. The van der Waals surface area contributed by atoms with E-state index in [1.165, 1.54) is 11.8 Å². The van der Waals surface area contributed by atoms with E-state index in [0.29, 0.717) is 29.5 Å². The summed E-state index contributed by atoms with van der Waals surface area (Å²) in [6.45, 7) is 16.0. The van der Waals surface area contributed by atoms with Gasteiger partial charge in [-0.15, -0.1) is 0 Å². The summed E-state index contributed by atoms with van der Waals surface area (Å²) in [6.07, 6.45) is 8.10. The fourth-order valence-corrected chi connectivity index (χ4v) is 6.41. The van der Waals surface area contributed by atoms with Crippen molar-refractivity contribution >= 4 is 29.1 Å². The zero-order valence-electron chi connectivity index (χ0n) is 26.6. The van der Waals surface area contributed by atoms with Gasteiger partial charge < -0.3 is 25.0 Å². The predicted octanol–water partition coefficient (Wildman–Crippen LogP) is 8.38. The van der Waals surface area contributed by atoms with E-state index in [1.54, 1.807) is 0 Å². The van der Waals surface area contributed by atoms with E-state index >= 15 is 0 Å². The molecule has 0 aliphatic carbocycles. The molecule has 0 atom stereocenters. The van der Waals surface area contributed by atoms with Crippen molar-refractivity contribution in [2.45, 2.75) is 88.9 Å². The summed E-state index contributed by atoms with van der Waals surface area (Å²) in [5, 5.41) is 20.6. The van der Waals surface area contributed by atoms with Crippen molar-refractivity contribution in [1.29, 1.82) is 10.5 Å². The second-order valence-corrected chi connectivity index (χ2v) is 12.1. The lowest BCUT2D eigenvalue weighted by Gasteiger charge is -2.22. The Labute approximate surface area is 269 Å². The Bertz CT molecular complexity index is 1180. The smallest absolute Gasteiger partial charge is 0.158 e. The fraction of sp³-hybridized carbons (Fsp3) is 0.588. The number of anilines is 1. The molecule has 236 valence electrons. The first-order valence-electron chi connectivity index (χ1n) is 15.9. The number of halogens is 1. The minimum atomic E-state index is 0.114. The topological polar surface area (TPSA) is 98.5 Å². The summed E-state index contributed by atoms with van der Waals surface area (Å²) in [7, 11) is 0. The molecule has 0 bridgehead atoms. The van der Waals surface area contributed by atoms with E-state index in [-0.39, 0.29) is 21.9 Å². The normalized spacial score (nSPS) is 11.1. The summed E-state index contributed by atoms with van der Waals surface area (Å²) < 4.78 is 12.4. The Balaban J connectivity index is 2.29. The van der Waals surface area contributed by atoms with Crippen molar-refractivity contribution in [2.75, 3.05) is 58.2 Å². The third-order valence-corrected chi connectivity index (χ3v) is 8.71. The molecule has 0 saturated heterocycles. The van der Waals surface area contributed by atoms with Gasteiger partial charge in [0.25, 0.3) is 0 Å². The van der Waals surface area contributed by atoms with Crippen molar-refractivity contribution in [3.63, 3.8) is 0 Å². The van der Waals surface area contributed by atoms with E-state index in [2.05, 4.69) is 49.6 Å². The lowest BCUT2D eigenvalue weighted by Crippen LogP contribution is -2.26. The molecule has 0 heterocycles. The number of hydrogen-bond acceptors (Lipinski definition) is 8. The van der Waals surface area contributed by atoms with Crippen LogP contribution < -0.4 is 15.2 Å². The number of unbranched alkanes of at least 4 members (excludes halogenated alkanes) is 2. The zero-order valence-corrected chi connectivity index (χ0v) is 28.2. The standard InChI is InChI=1S/C34H50ClN5O2S/c1-5-17-39(18-6-2)21-11-13-23-41-32-27(25-36)28(26-37)33(42-24-14-12-22-40(19-7-3)20-8-4)34(31(32)35)43-30-16-10-9-15-29(30)38/h9-10,15-16H,5-8,11-14,17-24,38H2,1-4H3. The average molecular weight is 628 g/mol. The highest BCUT2D eigenvalue weighted by Gasteiger charge is 2.27. The van der Waals surface area contributed by atoms with Gasteiger partial charge in [-0.05, 0) is 103 Å². The van der Waals surface area contributed by atoms with Crippen LogP contribution >= 0.6 is 23.4 Å². The number of rotatable bonds is 22. The van der Waals surface area contributed by atoms with E-state index in [1.807, 2.05) is 24.3 Å². The number of nitriles is 2. The Hall–Kier alpha value is -2.62. The molecule has 0 spiro atoms. The molecule has 0 radical (unpaired) electrons. The van der Waals surface area contributed by atoms with Crippen molar-refractivity contribution in [1.82, 2.24) is 9.80 Å². The Morgan fingerprint density at radius 1 is 0.721 bits per heavy atom. The van der Waals surface area contributed by atoms with Crippen LogP contribution in [0.3, 0.4) is 0 Å². The first kappa shape index (κ1) is 36.6. The van der Waals surface area contributed by atoms with Gasteiger partial charge in [0.05, 0.1) is 18.1 Å². The SMILES string of the molecule is CCCN(CCC)CCCCOc1c(Cl)c(Sc2ccccc2N)c(OCCCCN(CCC)CCC)c(C#N)c1C#N. The number of benzene rings is 2. The number of hydrogen-bond donors (Lipinski definition) is 1. The molecule has 0 fully saturated rings. The number of nitrogen functional groups attached to an aromatic ring is 1. The van der Waals surface area contributed by atoms with E-state index in [4.69, 9.17) is 26.8 Å². The summed E-state index contributed by atoms with van der Waals surface area (Å²) in [6, 6.07) is 11.9. The zero-order chi connectivity index (χ0) is 31.5. The van der Waals surface area contributed by atoms with Crippen molar-refractivity contribution in [2.24, 2.45) is 0 Å². The van der Waals surface area contributed by atoms with Crippen LogP contribution in [0.5, 0.6) is 11.5 Å². The predicted molar refractivity (Wildman–Crippen MR) is 179 cm³/mol. The van der Waals surface area contributed by atoms with Crippen LogP contribution in [0.15, 0.2) is 34.1 Å². The molecule has 2 rings (SSSR count). The molecular weight excluding hydrogens is 578 g/mol. The number of nitrogens with zero attached hydrogens (tertiary/aromatic N) is 4. The van der Waals surface area contributed by atoms with Gasteiger partial charge in [-0.25, -0.2) is 0 Å². The van der Waals surface area contributed by atoms with Crippen LogP contribution in [0.25, 0.3) is 0 Å². The summed E-state index contributed by atoms with van der Waals surface area (Å²) >= 11 is 8.32.